The van der Waals surface area contributed by atoms with Crippen LogP contribution >= 0.6 is 0 Å². The predicted molar refractivity (Wildman–Crippen MR) is 69.1 cm³/mol. The van der Waals surface area contributed by atoms with Crippen molar-refractivity contribution in [2.75, 3.05) is 11.9 Å². The molecule has 5 nitrogen and oxygen atoms in total. The number of carbonyl (C=O) groups is 1. The first-order valence-electron chi connectivity index (χ1n) is 5.55. The van der Waals surface area contributed by atoms with E-state index in [2.05, 4.69) is 9.97 Å². The Morgan fingerprint density at radius 3 is 2.67 bits per heavy atom. The van der Waals surface area contributed by atoms with Gasteiger partial charge in [0, 0.05) is 43.4 Å². The second kappa shape index (κ2) is 5.37. The van der Waals surface area contributed by atoms with Gasteiger partial charge in [0.1, 0.15) is 0 Å². The average molecular weight is 242 g/mol. The van der Waals surface area contributed by atoms with Crippen LogP contribution in [0.1, 0.15) is 16.1 Å². The summed E-state index contributed by atoms with van der Waals surface area (Å²) >= 11 is 0. The Hall–Kier alpha value is -2.27. The molecule has 0 saturated carbocycles. The predicted octanol–water partition coefficient (Wildman–Crippen LogP) is 1.21. The first-order chi connectivity index (χ1) is 8.72. The van der Waals surface area contributed by atoms with Gasteiger partial charge in [-0.3, -0.25) is 14.8 Å². The van der Waals surface area contributed by atoms with Crippen LogP contribution in [0.15, 0.2) is 42.9 Å². The lowest BCUT2D eigenvalue weighted by molar-refractivity contribution is 0.0993. The lowest BCUT2D eigenvalue weighted by Gasteiger charge is -2.17. The van der Waals surface area contributed by atoms with Crippen LogP contribution in [0.5, 0.6) is 0 Å². The monoisotopic (exact) mass is 242 g/mol. The molecule has 0 aliphatic rings. The minimum atomic E-state index is -0.0988. The number of anilines is 1. The van der Waals surface area contributed by atoms with Gasteiger partial charge in [-0.2, -0.15) is 0 Å². The van der Waals surface area contributed by atoms with Gasteiger partial charge in [-0.1, -0.05) is 0 Å². The largest absolute Gasteiger partial charge is 0.325 e. The third kappa shape index (κ3) is 2.52. The Morgan fingerprint density at radius 1 is 1.28 bits per heavy atom. The van der Waals surface area contributed by atoms with Crippen molar-refractivity contribution in [2.24, 2.45) is 5.73 Å². The van der Waals surface area contributed by atoms with E-state index in [0.717, 1.165) is 5.69 Å². The minimum Gasteiger partial charge on any atom is -0.325 e. The van der Waals surface area contributed by atoms with Gasteiger partial charge >= 0.3 is 0 Å². The topological polar surface area (TPSA) is 72.1 Å². The maximum atomic E-state index is 12.3. The Bertz CT molecular complexity index is 542. The molecule has 5 heteroatoms. The van der Waals surface area contributed by atoms with Crippen molar-refractivity contribution in [1.29, 1.82) is 0 Å². The smallest absolute Gasteiger partial charge is 0.258 e. The van der Waals surface area contributed by atoms with Crippen LogP contribution in [0.4, 0.5) is 5.69 Å². The van der Waals surface area contributed by atoms with E-state index in [9.17, 15) is 4.79 Å². The summed E-state index contributed by atoms with van der Waals surface area (Å²) in [5.74, 6) is -0.0988. The molecule has 0 spiro atoms. The average Bonchev–Trinajstić information content (AvgIpc) is 2.46. The lowest BCUT2D eigenvalue weighted by atomic mass is 10.2. The van der Waals surface area contributed by atoms with Gasteiger partial charge in [-0.05, 0) is 24.3 Å². The molecule has 1 amide bonds. The number of aromatic nitrogens is 2. The number of carbonyl (C=O) groups excluding carboxylic acids is 1. The number of hydrogen-bond donors (Lipinski definition) is 1. The third-order valence-electron chi connectivity index (χ3n) is 2.63. The number of pyridine rings is 2. The Morgan fingerprint density at radius 2 is 2.00 bits per heavy atom. The molecule has 92 valence electrons. The highest BCUT2D eigenvalue weighted by Crippen LogP contribution is 2.14. The molecular formula is C13H14N4O. The lowest BCUT2D eigenvalue weighted by Crippen LogP contribution is -2.26. The molecule has 0 bridgehead atoms. The summed E-state index contributed by atoms with van der Waals surface area (Å²) in [6.07, 6.45) is 4.89. The van der Waals surface area contributed by atoms with E-state index >= 15 is 0 Å². The first kappa shape index (κ1) is 12.2. The highest BCUT2D eigenvalue weighted by molar-refractivity contribution is 6.05. The Labute approximate surface area is 105 Å². The zero-order valence-electron chi connectivity index (χ0n) is 10.1. The highest BCUT2D eigenvalue weighted by Gasteiger charge is 2.13. The van der Waals surface area contributed by atoms with Crippen LogP contribution in [0.3, 0.4) is 0 Å². The molecule has 18 heavy (non-hydrogen) atoms. The minimum absolute atomic E-state index is 0.0988. The summed E-state index contributed by atoms with van der Waals surface area (Å²) in [6, 6.07) is 6.95. The van der Waals surface area contributed by atoms with Crippen molar-refractivity contribution in [2.45, 2.75) is 6.54 Å². The van der Waals surface area contributed by atoms with Crippen LogP contribution in [0, 0.1) is 0 Å². The fourth-order valence-corrected chi connectivity index (χ4v) is 1.60. The molecule has 2 aromatic rings. The van der Waals surface area contributed by atoms with Crippen molar-refractivity contribution >= 4 is 11.6 Å². The summed E-state index contributed by atoms with van der Waals surface area (Å²) < 4.78 is 0. The summed E-state index contributed by atoms with van der Waals surface area (Å²) in [7, 11) is 1.72. The molecule has 0 aliphatic heterocycles. The Kier molecular flexibility index (Phi) is 3.64. The van der Waals surface area contributed by atoms with Crippen LogP contribution < -0.4 is 10.6 Å². The van der Waals surface area contributed by atoms with Crippen LogP contribution in [0.25, 0.3) is 0 Å². The SMILES string of the molecule is CN(C(=O)c1ccnc(CN)c1)c1ccncc1. The van der Waals surface area contributed by atoms with Gasteiger partial charge in [0.2, 0.25) is 0 Å². The summed E-state index contributed by atoms with van der Waals surface area (Å²) in [4.78, 5) is 21.8. The fraction of sp³-hybridized carbons (Fsp3) is 0.154. The van der Waals surface area contributed by atoms with E-state index in [4.69, 9.17) is 5.73 Å². The van der Waals surface area contributed by atoms with Crippen molar-refractivity contribution in [3.8, 4) is 0 Å². The second-order valence-electron chi connectivity index (χ2n) is 3.81. The number of amides is 1. The third-order valence-corrected chi connectivity index (χ3v) is 2.63. The van der Waals surface area contributed by atoms with Gasteiger partial charge in [0.15, 0.2) is 0 Å². The van der Waals surface area contributed by atoms with Gasteiger partial charge < -0.3 is 10.6 Å². The zero-order chi connectivity index (χ0) is 13.0. The second-order valence-corrected chi connectivity index (χ2v) is 3.81. The van der Waals surface area contributed by atoms with Gasteiger partial charge in [0.25, 0.3) is 5.91 Å². The van der Waals surface area contributed by atoms with Crippen LogP contribution in [-0.4, -0.2) is 22.9 Å². The van der Waals surface area contributed by atoms with E-state index in [0.29, 0.717) is 17.8 Å². The van der Waals surface area contributed by atoms with Crippen LogP contribution in [-0.2, 0) is 6.54 Å². The van der Waals surface area contributed by atoms with Crippen molar-refractivity contribution < 1.29 is 4.79 Å². The summed E-state index contributed by atoms with van der Waals surface area (Å²) in [6.45, 7) is 0.320. The fourth-order valence-electron chi connectivity index (χ4n) is 1.60. The van der Waals surface area contributed by atoms with Gasteiger partial charge in [-0.25, -0.2) is 0 Å². The quantitative estimate of drug-likeness (QED) is 0.878. The first-order valence-corrected chi connectivity index (χ1v) is 5.55. The molecule has 2 aromatic heterocycles. The number of nitrogens with two attached hydrogens (primary N) is 1. The van der Waals surface area contributed by atoms with Crippen molar-refractivity contribution in [1.82, 2.24) is 9.97 Å². The molecule has 0 fully saturated rings. The van der Waals surface area contributed by atoms with E-state index in [-0.39, 0.29) is 5.91 Å². The molecule has 0 aromatic carbocycles. The molecule has 0 unspecified atom stereocenters. The van der Waals surface area contributed by atoms with Gasteiger partial charge in [0.05, 0.1) is 5.69 Å². The number of rotatable bonds is 3. The molecule has 2 N–H and O–H groups in total. The van der Waals surface area contributed by atoms with E-state index in [1.165, 1.54) is 0 Å². The standard InChI is InChI=1S/C13H14N4O/c1-17(12-3-5-15-6-4-12)13(18)10-2-7-16-11(8-10)9-14/h2-8H,9,14H2,1H3. The van der Waals surface area contributed by atoms with E-state index < -0.39 is 0 Å². The molecule has 0 radical (unpaired) electrons. The highest BCUT2D eigenvalue weighted by atomic mass is 16.2. The van der Waals surface area contributed by atoms with Crippen LogP contribution in [0.2, 0.25) is 0 Å². The summed E-state index contributed by atoms with van der Waals surface area (Å²) in [5.41, 5.74) is 7.58. The Balaban J connectivity index is 2.25. The van der Waals surface area contributed by atoms with E-state index in [1.807, 2.05) is 0 Å². The molecule has 2 heterocycles. The van der Waals surface area contributed by atoms with Gasteiger partial charge in [-0.15, -0.1) is 0 Å². The van der Waals surface area contributed by atoms with Crippen molar-refractivity contribution in [3.63, 3.8) is 0 Å². The van der Waals surface area contributed by atoms with Crippen molar-refractivity contribution in [3.05, 3.63) is 54.1 Å². The molecule has 0 saturated heterocycles. The maximum Gasteiger partial charge on any atom is 0.258 e. The summed E-state index contributed by atoms with van der Waals surface area (Å²) in [5, 5.41) is 0. The molecular weight excluding hydrogens is 228 g/mol. The normalized spacial score (nSPS) is 10.1. The van der Waals surface area contributed by atoms with E-state index in [1.54, 1.807) is 54.8 Å². The molecule has 0 aliphatic carbocycles. The number of hydrogen-bond acceptors (Lipinski definition) is 4. The zero-order valence-corrected chi connectivity index (χ0v) is 10.1. The maximum absolute atomic E-state index is 12.3. The molecule has 0 atom stereocenters. The number of nitrogens with zero attached hydrogens (tertiary/aromatic N) is 3. The molecule has 2 rings (SSSR count).